The van der Waals surface area contributed by atoms with Gasteiger partial charge in [-0.2, -0.15) is 5.26 Å². The third-order valence-corrected chi connectivity index (χ3v) is 5.03. The van der Waals surface area contributed by atoms with E-state index in [0.29, 0.717) is 11.3 Å². The van der Waals surface area contributed by atoms with Crippen LogP contribution < -0.4 is 0 Å². The van der Waals surface area contributed by atoms with Crippen LogP contribution in [0.15, 0.2) is 40.9 Å². The first-order valence-electron chi connectivity index (χ1n) is 8.09. The number of hydrogen-bond acceptors (Lipinski definition) is 5. The molecule has 0 unspecified atom stereocenters. The van der Waals surface area contributed by atoms with Gasteiger partial charge in [0, 0.05) is 17.8 Å². The molecule has 1 aliphatic rings. The van der Waals surface area contributed by atoms with Crippen molar-refractivity contribution >= 4 is 29.5 Å². The zero-order valence-corrected chi connectivity index (χ0v) is 15.5. The van der Waals surface area contributed by atoms with Crippen LogP contribution in [0.5, 0.6) is 0 Å². The van der Waals surface area contributed by atoms with Gasteiger partial charge in [-0.15, -0.1) is 11.8 Å². The summed E-state index contributed by atoms with van der Waals surface area (Å²) in [6.07, 6.45) is 4.61. The number of thioether (sulfide) groups is 1. The highest BCUT2D eigenvalue weighted by Crippen LogP contribution is 2.39. The van der Waals surface area contributed by atoms with Gasteiger partial charge < -0.3 is 4.90 Å². The van der Waals surface area contributed by atoms with Gasteiger partial charge in [-0.3, -0.25) is 0 Å². The topological polar surface area (TPSA) is 52.3 Å². The van der Waals surface area contributed by atoms with E-state index < -0.39 is 0 Å². The molecular weight excluding hydrogens is 328 g/mol. The average molecular weight is 348 g/mol. The van der Waals surface area contributed by atoms with E-state index in [1.165, 1.54) is 22.9 Å². The number of pyridine rings is 1. The van der Waals surface area contributed by atoms with Crippen molar-refractivity contribution in [1.82, 2.24) is 9.88 Å². The summed E-state index contributed by atoms with van der Waals surface area (Å²) in [5, 5.41) is 10.2. The molecule has 0 radical (unpaired) electrons. The van der Waals surface area contributed by atoms with Gasteiger partial charge in [-0.1, -0.05) is 36.4 Å². The van der Waals surface area contributed by atoms with E-state index in [0.717, 1.165) is 34.9 Å². The van der Waals surface area contributed by atoms with Gasteiger partial charge >= 0.3 is 0 Å². The second-order valence-electron chi connectivity index (χ2n) is 6.04. The fourth-order valence-electron chi connectivity index (χ4n) is 2.92. The maximum absolute atomic E-state index is 9.50. The molecule has 0 saturated carbocycles. The van der Waals surface area contributed by atoms with Crippen molar-refractivity contribution in [3.63, 3.8) is 0 Å². The minimum atomic E-state index is 0.531. The summed E-state index contributed by atoms with van der Waals surface area (Å²) in [4.78, 5) is 11.2. The van der Waals surface area contributed by atoms with Crippen molar-refractivity contribution < 1.29 is 0 Å². The molecule has 4 nitrogen and oxygen atoms in total. The van der Waals surface area contributed by atoms with Gasteiger partial charge in [0.15, 0.2) is 0 Å². The Morgan fingerprint density at radius 2 is 1.96 bits per heavy atom. The van der Waals surface area contributed by atoms with Crippen LogP contribution in [0, 0.1) is 25.2 Å². The summed E-state index contributed by atoms with van der Waals surface area (Å²) in [6, 6.07) is 10.8. The van der Waals surface area contributed by atoms with Crippen LogP contribution in [0.25, 0.3) is 5.70 Å². The third kappa shape index (κ3) is 3.31. The summed E-state index contributed by atoms with van der Waals surface area (Å²) in [6.45, 7) is 9.06. The van der Waals surface area contributed by atoms with Crippen molar-refractivity contribution in [2.24, 2.45) is 4.99 Å². The predicted octanol–water partition coefficient (Wildman–Crippen LogP) is 4.48. The van der Waals surface area contributed by atoms with E-state index in [1.807, 2.05) is 18.1 Å². The third-order valence-electron chi connectivity index (χ3n) is 4.35. The van der Waals surface area contributed by atoms with E-state index in [1.54, 1.807) is 6.34 Å². The molecule has 1 aliphatic heterocycles. The van der Waals surface area contributed by atoms with Crippen LogP contribution in [0.1, 0.15) is 27.9 Å². The zero-order chi connectivity index (χ0) is 18.0. The van der Waals surface area contributed by atoms with Gasteiger partial charge in [0.05, 0.1) is 17.7 Å². The molecule has 0 N–H and O–H groups in total. The Morgan fingerprint density at radius 1 is 1.24 bits per heavy atom. The van der Waals surface area contributed by atoms with Gasteiger partial charge in [0.1, 0.15) is 16.7 Å². The van der Waals surface area contributed by atoms with E-state index in [4.69, 9.17) is 0 Å². The van der Waals surface area contributed by atoms with E-state index >= 15 is 0 Å². The van der Waals surface area contributed by atoms with E-state index in [2.05, 4.69) is 53.8 Å². The summed E-state index contributed by atoms with van der Waals surface area (Å²) < 4.78 is 0. The molecule has 0 spiro atoms. The summed E-state index contributed by atoms with van der Waals surface area (Å²) in [7, 11) is 0. The molecule has 0 atom stereocenters. The summed E-state index contributed by atoms with van der Waals surface area (Å²) in [5.74, 6) is 0. The SMILES string of the molecule is C=C1c2c(C)nc(SC)c(C#N)c2N=CN1CCc1ccc(C)cc1. The van der Waals surface area contributed by atoms with Crippen molar-refractivity contribution in [1.29, 1.82) is 5.26 Å². The van der Waals surface area contributed by atoms with Gasteiger partial charge in [-0.05, 0) is 32.1 Å². The lowest BCUT2D eigenvalue weighted by Crippen LogP contribution is -2.26. The molecule has 2 aromatic rings. The van der Waals surface area contributed by atoms with Crippen LogP contribution in [-0.4, -0.2) is 29.0 Å². The Morgan fingerprint density at radius 3 is 2.60 bits per heavy atom. The molecule has 1 aromatic carbocycles. The highest BCUT2D eigenvalue weighted by Gasteiger charge is 2.24. The number of rotatable bonds is 4. The van der Waals surface area contributed by atoms with Crippen LogP contribution >= 0.6 is 11.8 Å². The van der Waals surface area contributed by atoms with Gasteiger partial charge in [0.2, 0.25) is 0 Å². The van der Waals surface area contributed by atoms with E-state index in [-0.39, 0.29) is 0 Å². The molecule has 3 rings (SSSR count). The first-order chi connectivity index (χ1) is 12.0. The Labute approximate surface area is 152 Å². The lowest BCUT2D eigenvalue weighted by Gasteiger charge is -2.28. The summed E-state index contributed by atoms with van der Waals surface area (Å²) in [5.41, 5.74) is 6.35. The standard InChI is InChI=1S/C20H20N4S/c1-13-5-7-16(8-6-13)9-10-24-12-22-19-17(11-21)20(25-4)23-14(2)18(19)15(24)3/h5-8,12H,3,9-10H2,1-2,4H3. The monoisotopic (exact) mass is 348 g/mol. The molecule has 2 heterocycles. The molecule has 0 amide bonds. The molecule has 25 heavy (non-hydrogen) atoms. The molecular formula is C20H20N4S. The Bertz CT molecular complexity index is 891. The number of aliphatic imine (C=N–C) groups is 1. The Hall–Kier alpha value is -2.58. The molecule has 0 saturated heterocycles. The van der Waals surface area contributed by atoms with Crippen molar-refractivity contribution in [2.45, 2.75) is 25.3 Å². The predicted molar refractivity (Wildman–Crippen MR) is 104 cm³/mol. The lowest BCUT2D eigenvalue weighted by molar-refractivity contribution is 0.591. The minimum Gasteiger partial charge on any atom is -0.332 e. The number of benzene rings is 1. The molecule has 5 heteroatoms. The van der Waals surface area contributed by atoms with Gasteiger partial charge in [0.25, 0.3) is 0 Å². The minimum absolute atomic E-state index is 0.531. The van der Waals surface area contributed by atoms with Crippen LogP contribution in [-0.2, 0) is 6.42 Å². The maximum Gasteiger partial charge on any atom is 0.116 e. The Balaban J connectivity index is 1.87. The number of nitrogens with zero attached hydrogens (tertiary/aromatic N) is 4. The number of fused-ring (bicyclic) bond motifs is 1. The fourth-order valence-corrected chi connectivity index (χ4v) is 3.50. The molecule has 0 fully saturated rings. The molecule has 1 aromatic heterocycles. The highest BCUT2D eigenvalue weighted by atomic mass is 32.2. The normalized spacial score (nSPS) is 12.9. The molecule has 0 aliphatic carbocycles. The molecule has 126 valence electrons. The quantitative estimate of drug-likeness (QED) is 0.764. The fraction of sp³-hybridized carbons (Fsp3) is 0.250. The van der Waals surface area contributed by atoms with Crippen molar-refractivity contribution in [3.8, 4) is 6.07 Å². The second-order valence-corrected chi connectivity index (χ2v) is 6.83. The molecule has 0 bridgehead atoms. The first kappa shape index (κ1) is 17.2. The van der Waals surface area contributed by atoms with Crippen LogP contribution in [0.2, 0.25) is 0 Å². The second kappa shape index (κ2) is 7.12. The summed E-state index contributed by atoms with van der Waals surface area (Å²) >= 11 is 1.47. The maximum atomic E-state index is 9.50. The van der Waals surface area contributed by atoms with Crippen molar-refractivity contribution in [3.05, 3.63) is 58.8 Å². The van der Waals surface area contributed by atoms with E-state index in [9.17, 15) is 5.26 Å². The Kier molecular flexibility index (Phi) is 4.91. The average Bonchev–Trinajstić information content (AvgIpc) is 2.62. The first-order valence-corrected chi connectivity index (χ1v) is 9.32. The van der Waals surface area contributed by atoms with Crippen LogP contribution in [0.3, 0.4) is 0 Å². The number of aryl methyl sites for hydroxylation is 2. The number of hydrogen-bond donors (Lipinski definition) is 0. The highest BCUT2D eigenvalue weighted by molar-refractivity contribution is 7.98. The van der Waals surface area contributed by atoms with Gasteiger partial charge in [-0.25, -0.2) is 9.98 Å². The number of aromatic nitrogens is 1. The largest absolute Gasteiger partial charge is 0.332 e. The zero-order valence-electron chi connectivity index (χ0n) is 14.7. The van der Waals surface area contributed by atoms with Crippen LogP contribution in [0.4, 0.5) is 5.69 Å². The number of nitriles is 1. The van der Waals surface area contributed by atoms with Crippen molar-refractivity contribution in [2.75, 3.05) is 12.8 Å². The lowest BCUT2D eigenvalue weighted by atomic mass is 10.0. The smallest absolute Gasteiger partial charge is 0.116 e.